The summed E-state index contributed by atoms with van der Waals surface area (Å²) in [5, 5.41) is 9.60. The minimum Gasteiger partial charge on any atom is -0.385 e. The van der Waals surface area contributed by atoms with Gasteiger partial charge >= 0.3 is 0 Å². The van der Waals surface area contributed by atoms with Gasteiger partial charge in [-0.25, -0.2) is 8.78 Å². The summed E-state index contributed by atoms with van der Waals surface area (Å²) in [5.41, 5.74) is 0.528. The first kappa shape index (κ1) is 9.64. The van der Waals surface area contributed by atoms with Gasteiger partial charge in [0.15, 0.2) is 11.6 Å². The van der Waals surface area contributed by atoms with Crippen LogP contribution < -0.4 is 5.32 Å². The van der Waals surface area contributed by atoms with Crippen molar-refractivity contribution in [2.45, 2.75) is 6.42 Å². The molecular formula is C9H10F2N2. The van der Waals surface area contributed by atoms with Gasteiger partial charge in [0.25, 0.3) is 0 Å². The van der Waals surface area contributed by atoms with Crippen LogP contribution in [0.5, 0.6) is 0 Å². The van der Waals surface area contributed by atoms with Crippen molar-refractivity contribution in [2.24, 2.45) is 0 Å². The molecule has 0 saturated carbocycles. The first-order chi connectivity index (χ1) is 6.24. The zero-order valence-electron chi connectivity index (χ0n) is 6.98. The smallest absolute Gasteiger partial charge is 0.160 e. The highest BCUT2D eigenvalue weighted by Crippen LogP contribution is 2.12. The minimum atomic E-state index is -0.861. The molecule has 0 aliphatic rings. The van der Waals surface area contributed by atoms with E-state index in [4.69, 9.17) is 5.41 Å². The fraction of sp³-hybridized carbons (Fsp3) is 0.222. The van der Waals surface area contributed by atoms with E-state index in [0.717, 1.165) is 12.1 Å². The molecule has 4 heteroatoms. The number of hydrogen-bond donors (Lipinski definition) is 2. The summed E-state index contributed by atoms with van der Waals surface area (Å²) in [4.78, 5) is 0. The summed E-state index contributed by atoms with van der Waals surface area (Å²) in [7, 11) is 0. The highest BCUT2D eigenvalue weighted by molar-refractivity contribution is 5.54. The lowest BCUT2D eigenvalue weighted by Crippen LogP contribution is -2.02. The first-order valence-electron chi connectivity index (χ1n) is 3.92. The van der Waals surface area contributed by atoms with E-state index in [1.165, 1.54) is 12.3 Å². The SMILES string of the molecule is N=CCCNc1ccc(F)c(F)c1. The van der Waals surface area contributed by atoms with Crippen molar-refractivity contribution in [3.05, 3.63) is 29.8 Å². The van der Waals surface area contributed by atoms with Gasteiger partial charge in [-0.3, -0.25) is 0 Å². The molecule has 1 aromatic carbocycles. The molecular weight excluding hydrogens is 174 g/mol. The van der Waals surface area contributed by atoms with E-state index in [1.807, 2.05) is 0 Å². The highest BCUT2D eigenvalue weighted by atomic mass is 19.2. The van der Waals surface area contributed by atoms with E-state index in [9.17, 15) is 8.78 Å². The Morgan fingerprint density at radius 3 is 2.69 bits per heavy atom. The average molecular weight is 184 g/mol. The molecule has 0 fully saturated rings. The van der Waals surface area contributed by atoms with Gasteiger partial charge in [0.1, 0.15) is 0 Å². The van der Waals surface area contributed by atoms with Crippen LogP contribution in [-0.4, -0.2) is 12.8 Å². The molecule has 0 heterocycles. The Balaban J connectivity index is 2.57. The Kier molecular flexibility index (Phi) is 3.37. The van der Waals surface area contributed by atoms with E-state index in [-0.39, 0.29) is 0 Å². The second kappa shape index (κ2) is 4.54. The largest absolute Gasteiger partial charge is 0.385 e. The summed E-state index contributed by atoms with van der Waals surface area (Å²) >= 11 is 0. The van der Waals surface area contributed by atoms with Crippen LogP contribution in [0.25, 0.3) is 0 Å². The van der Waals surface area contributed by atoms with E-state index in [1.54, 1.807) is 0 Å². The number of hydrogen-bond acceptors (Lipinski definition) is 2. The van der Waals surface area contributed by atoms with Crippen LogP contribution >= 0.6 is 0 Å². The van der Waals surface area contributed by atoms with Crippen LogP contribution in [0.15, 0.2) is 18.2 Å². The Morgan fingerprint density at radius 1 is 1.31 bits per heavy atom. The van der Waals surface area contributed by atoms with Crippen molar-refractivity contribution in [1.82, 2.24) is 0 Å². The summed E-state index contributed by atoms with van der Waals surface area (Å²) in [5.74, 6) is -1.71. The van der Waals surface area contributed by atoms with E-state index >= 15 is 0 Å². The summed E-state index contributed by atoms with van der Waals surface area (Å²) in [6.45, 7) is 0.550. The molecule has 2 nitrogen and oxygen atoms in total. The Morgan fingerprint density at radius 2 is 2.08 bits per heavy atom. The average Bonchev–Trinajstić information content (AvgIpc) is 2.12. The van der Waals surface area contributed by atoms with Crippen molar-refractivity contribution in [3.8, 4) is 0 Å². The second-order valence-electron chi connectivity index (χ2n) is 2.55. The molecule has 0 amide bonds. The zero-order chi connectivity index (χ0) is 9.68. The number of rotatable bonds is 4. The minimum absolute atomic E-state index is 0.528. The molecule has 0 spiro atoms. The lowest BCUT2D eigenvalue weighted by molar-refractivity contribution is 0.509. The molecule has 0 saturated heterocycles. The zero-order valence-corrected chi connectivity index (χ0v) is 6.98. The van der Waals surface area contributed by atoms with Crippen molar-refractivity contribution >= 4 is 11.9 Å². The van der Waals surface area contributed by atoms with Crippen LogP contribution in [-0.2, 0) is 0 Å². The Labute approximate surface area is 75.1 Å². The van der Waals surface area contributed by atoms with Crippen LogP contribution in [0, 0.1) is 17.0 Å². The molecule has 0 aromatic heterocycles. The molecule has 0 aliphatic heterocycles. The molecule has 13 heavy (non-hydrogen) atoms. The van der Waals surface area contributed by atoms with Crippen LogP contribution in [0.3, 0.4) is 0 Å². The summed E-state index contributed by atoms with van der Waals surface area (Å²) in [6.07, 6.45) is 1.83. The Hall–Kier alpha value is -1.45. The third-order valence-electron chi connectivity index (χ3n) is 1.54. The van der Waals surface area contributed by atoms with Crippen LogP contribution in [0.2, 0.25) is 0 Å². The molecule has 0 atom stereocenters. The monoisotopic (exact) mass is 184 g/mol. The maximum atomic E-state index is 12.6. The van der Waals surface area contributed by atoms with Crippen molar-refractivity contribution in [1.29, 1.82) is 5.41 Å². The topological polar surface area (TPSA) is 35.9 Å². The van der Waals surface area contributed by atoms with E-state index in [2.05, 4.69) is 5.32 Å². The lowest BCUT2D eigenvalue weighted by Gasteiger charge is -2.03. The Bertz CT molecular complexity index is 300. The maximum Gasteiger partial charge on any atom is 0.160 e. The van der Waals surface area contributed by atoms with E-state index < -0.39 is 11.6 Å². The standard InChI is InChI=1S/C9H10F2N2/c10-8-3-2-7(6-9(8)11)13-5-1-4-12/h2-4,6,12-13H,1,5H2. The highest BCUT2D eigenvalue weighted by Gasteiger charge is 2.00. The summed E-state index contributed by atoms with van der Waals surface area (Å²) < 4.78 is 25.1. The molecule has 1 rings (SSSR count). The van der Waals surface area contributed by atoms with Gasteiger partial charge < -0.3 is 10.7 Å². The molecule has 0 aliphatic carbocycles. The maximum absolute atomic E-state index is 12.6. The molecule has 70 valence electrons. The number of nitrogens with one attached hydrogen (secondary N) is 2. The normalized spacial score (nSPS) is 9.69. The molecule has 2 N–H and O–H groups in total. The number of halogens is 2. The van der Waals surface area contributed by atoms with Crippen LogP contribution in [0.1, 0.15) is 6.42 Å². The van der Waals surface area contributed by atoms with Crippen LogP contribution in [0.4, 0.5) is 14.5 Å². The second-order valence-corrected chi connectivity index (χ2v) is 2.55. The third kappa shape index (κ3) is 2.82. The third-order valence-corrected chi connectivity index (χ3v) is 1.54. The van der Waals surface area contributed by atoms with Gasteiger partial charge in [-0.1, -0.05) is 0 Å². The van der Waals surface area contributed by atoms with Gasteiger partial charge in [0.2, 0.25) is 0 Å². The first-order valence-corrected chi connectivity index (χ1v) is 3.92. The van der Waals surface area contributed by atoms with Crippen molar-refractivity contribution < 1.29 is 8.78 Å². The molecule has 0 radical (unpaired) electrons. The molecule has 1 aromatic rings. The quantitative estimate of drug-likeness (QED) is 0.547. The van der Waals surface area contributed by atoms with Gasteiger partial charge in [-0.2, -0.15) is 0 Å². The number of benzene rings is 1. The van der Waals surface area contributed by atoms with E-state index in [0.29, 0.717) is 18.7 Å². The van der Waals surface area contributed by atoms with Crippen molar-refractivity contribution in [2.75, 3.05) is 11.9 Å². The fourth-order valence-electron chi connectivity index (χ4n) is 0.895. The predicted octanol–water partition coefficient (Wildman–Crippen LogP) is 2.42. The fourth-order valence-corrected chi connectivity index (χ4v) is 0.895. The molecule has 0 bridgehead atoms. The van der Waals surface area contributed by atoms with Gasteiger partial charge in [0, 0.05) is 12.2 Å². The van der Waals surface area contributed by atoms with Gasteiger partial charge in [0.05, 0.1) is 0 Å². The predicted molar refractivity (Wildman–Crippen MR) is 48.2 cm³/mol. The number of anilines is 1. The van der Waals surface area contributed by atoms with Crippen molar-refractivity contribution in [3.63, 3.8) is 0 Å². The molecule has 0 unspecified atom stereocenters. The van der Waals surface area contributed by atoms with Gasteiger partial charge in [-0.15, -0.1) is 0 Å². The lowest BCUT2D eigenvalue weighted by atomic mass is 10.3. The van der Waals surface area contributed by atoms with Gasteiger partial charge in [-0.05, 0) is 30.8 Å². The summed E-state index contributed by atoms with van der Waals surface area (Å²) in [6, 6.07) is 3.63.